The maximum atomic E-state index is 13.7. The third kappa shape index (κ3) is 4.80. The Morgan fingerprint density at radius 1 is 0.923 bits per heavy atom. The van der Waals surface area contributed by atoms with E-state index in [1.807, 2.05) is 0 Å². The molecule has 0 aliphatic heterocycles. The average Bonchev–Trinajstić information content (AvgIpc) is 2.73. The number of fused-ring (bicyclic) bond motifs is 1. The molecule has 5 nitrogen and oxygen atoms in total. The van der Waals surface area contributed by atoms with Crippen molar-refractivity contribution in [2.24, 2.45) is 0 Å². The summed E-state index contributed by atoms with van der Waals surface area (Å²) in [4.78, 5) is 24.7. The first-order valence-corrected chi connectivity index (χ1v) is 8.20. The van der Waals surface area contributed by atoms with Gasteiger partial charge in [-0.2, -0.15) is 0 Å². The highest BCUT2D eigenvalue weighted by atomic mass is 19.2. The van der Waals surface area contributed by atoms with Crippen LogP contribution in [0.1, 0.15) is 52.0 Å². The van der Waals surface area contributed by atoms with Gasteiger partial charge in [-0.05, 0) is 53.7 Å². The van der Waals surface area contributed by atoms with E-state index < -0.39 is 34.8 Å². The van der Waals surface area contributed by atoms with Crippen LogP contribution < -0.4 is 0 Å². The predicted octanol–water partition coefficient (Wildman–Crippen LogP) is 4.22. The minimum absolute atomic E-state index is 0.0192. The number of hydrogen-bond acceptors (Lipinski definition) is 4. The summed E-state index contributed by atoms with van der Waals surface area (Å²) in [6.07, 6.45) is 0. The molecule has 0 bridgehead atoms. The van der Waals surface area contributed by atoms with Crippen LogP contribution in [0, 0.1) is 11.6 Å². The van der Waals surface area contributed by atoms with E-state index in [1.54, 1.807) is 41.5 Å². The van der Waals surface area contributed by atoms with Crippen molar-refractivity contribution in [2.45, 2.75) is 59.3 Å². The van der Waals surface area contributed by atoms with Gasteiger partial charge in [0.2, 0.25) is 0 Å². The van der Waals surface area contributed by atoms with Gasteiger partial charge in [-0.1, -0.05) is 0 Å². The molecule has 0 aliphatic carbocycles. The van der Waals surface area contributed by atoms with Crippen molar-refractivity contribution in [1.82, 2.24) is 4.57 Å². The Labute approximate surface area is 150 Å². The van der Waals surface area contributed by atoms with E-state index in [4.69, 9.17) is 9.47 Å². The molecule has 0 saturated heterocycles. The lowest BCUT2D eigenvalue weighted by Crippen LogP contribution is -2.29. The third-order valence-corrected chi connectivity index (χ3v) is 3.26. The van der Waals surface area contributed by atoms with E-state index in [-0.39, 0.29) is 23.1 Å². The summed E-state index contributed by atoms with van der Waals surface area (Å²) in [7, 11) is 0. The lowest BCUT2D eigenvalue weighted by molar-refractivity contribution is -0.155. The molecule has 0 saturated carbocycles. The number of rotatable bonds is 3. The van der Waals surface area contributed by atoms with Crippen molar-refractivity contribution in [3.05, 3.63) is 35.5 Å². The lowest BCUT2D eigenvalue weighted by Gasteiger charge is -2.22. The second kappa shape index (κ2) is 6.70. The Kier molecular flexibility index (Phi) is 5.12. The fraction of sp³-hybridized carbons (Fsp3) is 0.474. The Hall–Kier alpha value is -2.44. The second-order valence-electron chi connectivity index (χ2n) is 8.03. The van der Waals surface area contributed by atoms with E-state index in [0.29, 0.717) is 0 Å². The zero-order valence-electron chi connectivity index (χ0n) is 15.8. The zero-order valence-corrected chi connectivity index (χ0v) is 15.8. The van der Waals surface area contributed by atoms with Crippen molar-refractivity contribution < 1.29 is 27.8 Å². The van der Waals surface area contributed by atoms with Gasteiger partial charge in [0.15, 0.2) is 11.6 Å². The molecular formula is C19H23F2NO4. The van der Waals surface area contributed by atoms with Crippen LogP contribution in [0.3, 0.4) is 0 Å². The smallest absolute Gasteiger partial charge is 0.355 e. The molecule has 1 heterocycles. The van der Waals surface area contributed by atoms with Crippen molar-refractivity contribution in [1.29, 1.82) is 0 Å². The molecular weight excluding hydrogens is 344 g/mol. The maximum absolute atomic E-state index is 13.7. The van der Waals surface area contributed by atoms with E-state index in [9.17, 15) is 18.4 Å². The molecule has 2 aromatic rings. The van der Waals surface area contributed by atoms with Gasteiger partial charge < -0.3 is 14.0 Å². The highest BCUT2D eigenvalue weighted by molar-refractivity contribution is 5.96. The van der Waals surface area contributed by atoms with Gasteiger partial charge in [-0.3, -0.25) is 4.79 Å². The third-order valence-electron chi connectivity index (χ3n) is 3.26. The summed E-state index contributed by atoms with van der Waals surface area (Å²) in [6.45, 7) is 9.90. The fourth-order valence-corrected chi connectivity index (χ4v) is 2.43. The van der Waals surface area contributed by atoms with E-state index in [2.05, 4.69) is 0 Å². The maximum Gasteiger partial charge on any atom is 0.355 e. The van der Waals surface area contributed by atoms with Gasteiger partial charge in [0.05, 0.1) is 5.52 Å². The number of carbonyl (C=O) groups is 2. The van der Waals surface area contributed by atoms with Gasteiger partial charge in [0.1, 0.15) is 23.4 Å². The van der Waals surface area contributed by atoms with Crippen LogP contribution in [-0.2, 0) is 20.8 Å². The molecule has 0 spiro atoms. The number of hydrogen-bond donors (Lipinski definition) is 0. The van der Waals surface area contributed by atoms with Crippen LogP contribution in [0.15, 0.2) is 18.2 Å². The molecule has 0 fully saturated rings. The number of benzene rings is 1. The van der Waals surface area contributed by atoms with E-state index >= 15 is 0 Å². The Morgan fingerprint density at radius 2 is 1.46 bits per heavy atom. The molecule has 0 N–H and O–H groups in total. The summed E-state index contributed by atoms with van der Waals surface area (Å²) < 4.78 is 39.1. The molecule has 142 valence electrons. The van der Waals surface area contributed by atoms with Crippen LogP contribution in [0.5, 0.6) is 0 Å². The van der Waals surface area contributed by atoms with Crippen LogP contribution in [0.25, 0.3) is 10.9 Å². The Balaban J connectivity index is 2.52. The highest BCUT2D eigenvalue weighted by Crippen LogP contribution is 2.25. The first-order chi connectivity index (χ1) is 11.8. The van der Waals surface area contributed by atoms with Gasteiger partial charge in [0, 0.05) is 11.5 Å². The van der Waals surface area contributed by atoms with Gasteiger partial charge in [-0.15, -0.1) is 0 Å². The molecule has 2 rings (SSSR count). The number of esters is 2. The second-order valence-corrected chi connectivity index (χ2v) is 8.03. The lowest BCUT2D eigenvalue weighted by atomic mass is 10.2. The number of aromatic nitrogens is 1. The highest BCUT2D eigenvalue weighted by Gasteiger charge is 2.25. The van der Waals surface area contributed by atoms with Crippen LogP contribution >= 0.6 is 0 Å². The summed E-state index contributed by atoms with van der Waals surface area (Å²) in [5, 5.41) is 0.285. The van der Waals surface area contributed by atoms with Gasteiger partial charge in [0.25, 0.3) is 0 Å². The molecule has 26 heavy (non-hydrogen) atoms. The fourth-order valence-electron chi connectivity index (χ4n) is 2.43. The van der Waals surface area contributed by atoms with E-state index in [0.717, 1.165) is 12.1 Å². The molecule has 1 aromatic heterocycles. The molecule has 0 atom stereocenters. The normalized spacial score (nSPS) is 12.3. The SMILES string of the molecule is CC(C)(C)OC(=O)Cn1c(C(=O)OC(C)(C)C)cc2cc(F)c(F)cc21. The monoisotopic (exact) mass is 367 g/mol. The van der Waals surface area contributed by atoms with Crippen molar-refractivity contribution in [3.63, 3.8) is 0 Å². The Bertz CT molecular complexity index is 857. The topological polar surface area (TPSA) is 57.5 Å². The molecule has 1 aromatic carbocycles. The number of nitrogens with zero attached hydrogens (tertiary/aromatic N) is 1. The van der Waals surface area contributed by atoms with Crippen LogP contribution in [0.4, 0.5) is 8.78 Å². The quantitative estimate of drug-likeness (QED) is 0.763. The van der Waals surface area contributed by atoms with Crippen LogP contribution in [0.2, 0.25) is 0 Å². The van der Waals surface area contributed by atoms with Crippen molar-refractivity contribution >= 4 is 22.8 Å². The number of halogens is 2. The molecule has 7 heteroatoms. The summed E-state index contributed by atoms with van der Waals surface area (Å²) >= 11 is 0. The number of ether oxygens (including phenoxy) is 2. The summed E-state index contributed by atoms with van der Waals surface area (Å²) in [6, 6.07) is 3.29. The van der Waals surface area contributed by atoms with Gasteiger partial charge >= 0.3 is 11.9 Å². The Morgan fingerprint density at radius 3 is 2.00 bits per heavy atom. The minimum Gasteiger partial charge on any atom is -0.459 e. The molecule has 0 radical (unpaired) electrons. The largest absolute Gasteiger partial charge is 0.459 e. The van der Waals surface area contributed by atoms with Crippen molar-refractivity contribution in [2.75, 3.05) is 0 Å². The zero-order chi connectivity index (χ0) is 19.9. The molecule has 0 amide bonds. The first-order valence-electron chi connectivity index (χ1n) is 8.20. The average molecular weight is 367 g/mol. The number of carbonyl (C=O) groups excluding carboxylic acids is 2. The summed E-state index contributed by atoms with van der Waals surface area (Å²) in [5.41, 5.74) is -1.26. The van der Waals surface area contributed by atoms with Crippen molar-refractivity contribution in [3.8, 4) is 0 Å². The van der Waals surface area contributed by atoms with Gasteiger partial charge in [-0.25, -0.2) is 13.6 Å². The molecule has 0 aliphatic rings. The first kappa shape index (κ1) is 19.9. The summed E-state index contributed by atoms with van der Waals surface area (Å²) in [5.74, 6) is -3.41. The predicted molar refractivity (Wildman–Crippen MR) is 92.9 cm³/mol. The van der Waals surface area contributed by atoms with Crippen LogP contribution in [-0.4, -0.2) is 27.7 Å². The standard InChI is InChI=1S/C19H23F2NO4/c1-18(2,3)25-16(23)10-22-14-9-13(21)12(20)7-11(14)8-15(22)17(24)26-19(4,5)6/h7-9H,10H2,1-6H3. The molecule has 0 unspecified atom stereocenters. The van der Waals surface area contributed by atoms with E-state index in [1.165, 1.54) is 10.6 Å². The minimum atomic E-state index is -1.07.